The summed E-state index contributed by atoms with van der Waals surface area (Å²) >= 11 is 0. The van der Waals surface area contributed by atoms with Crippen LogP contribution in [-0.2, 0) is 9.53 Å². The van der Waals surface area contributed by atoms with Crippen molar-refractivity contribution in [2.24, 2.45) is 0 Å². The van der Waals surface area contributed by atoms with Gasteiger partial charge in [-0.1, -0.05) is 12.8 Å². The van der Waals surface area contributed by atoms with Gasteiger partial charge in [0.2, 0.25) is 0 Å². The molecule has 0 radical (unpaired) electrons. The zero-order chi connectivity index (χ0) is 14.1. The first-order chi connectivity index (χ1) is 8.88. The van der Waals surface area contributed by atoms with Gasteiger partial charge in [-0.15, -0.1) is 0 Å². The number of ether oxygens (including phenoxy) is 1. The van der Waals surface area contributed by atoms with Gasteiger partial charge >= 0.3 is 12.0 Å². The predicted molar refractivity (Wildman–Crippen MR) is 68.9 cm³/mol. The third kappa shape index (κ3) is 2.68. The maximum absolute atomic E-state index is 12.1. The van der Waals surface area contributed by atoms with Crippen molar-refractivity contribution in [3.05, 3.63) is 0 Å². The third-order valence-electron chi connectivity index (χ3n) is 4.50. The van der Waals surface area contributed by atoms with E-state index in [0.717, 1.165) is 19.3 Å². The van der Waals surface area contributed by atoms with E-state index >= 15 is 0 Å². The van der Waals surface area contributed by atoms with Crippen LogP contribution in [0.2, 0.25) is 0 Å². The van der Waals surface area contributed by atoms with E-state index in [1.54, 1.807) is 0 Å². The summed E-state index contributed by atoms with van der Waals surface area (Å²) < 4.78 is 5.45. The van der Waals surface area contributed by atoms with Crippen molar-refractivity contribution in [3.8, 4) is 0 Å². The molecule has 1 heterocycles. The summed E-state index contributed by atoms with van der Waals surface area (Å²) in [4.78, 5) is 23.4. The van der Waals surface area contributed by atoms with Crippen LogP contribution < -0.4 is 10.6 Å². The molecule has 1 saturated carbocycles. The fraction of sp³-hybridized carbons (Fsp3) is 0.846. The second kappa shape index (κ2) is 5.00. The van der Waals surface area contributed by atoms with Crippen molar-refractivity contribution >= 4 is 12.0 Å². The Balaban J connectivity index is 1.99. The standard InChI is InChI=1S/C13H22N2O4/c1-9-12(2,7-8-19-9)14-11(18)15-13(10(16)17)5-3-4-6-13/h9H,3-8H2,1-2H3,(H,16,17)(H2,14,15,18). The number of nitrogens with one attached hydrogen (secondary N) is 2. The molecule has 0 bridgehead atoms. The Bertz CT molecular complexity index is 379. The molecule has 0 aromatic rings. The van der Waals surface area contributed by atoms with E-state index in [2.05, 4.69) is 10.6 Å². The molecule has 19 heavy (non-hydrogen) atoms. The van der Waals surface area contributed by atoms with Gasteiger partial charge in [-0.3, -0.25) is 0 Å². The van der Waals surface area contributed by atoms with Crippen molar-refractivity contribution in [1.29, 1.82) is 0 Å². The number of amides is 2. The number of urea groups is 1. The SMILES string of the molecule is CC1OCCC1(C)NC(=O)NC1(C(=O)O)CCCC1. The van der Waals surface area contributed by atoms with Gasteiger partial charge in [0.1, 0.15) is 5.54 Å². The topological polar surface area (TPSA) is 87.7 Å². The number of carboxylic acid groups (broad SMARTS) is 1. The second-order valence-corrected chi connectivity index (χ2v) is 5.85. The lowest BCUT2D eigenvalue weighted by atomic mass is 9.94. The Labute approximate surface area is 112 Å². The van der Waals surface area contributed by atoms with Gasteiger partial charge in [0, 0.05) is 6.61 Å². The largest absolute Gasteiger partial charge is 0.480 e. The average Bonchev–Trinajstić information content (AvgIpc) is 2.89. The lowest BCUT2D eigenvalue weighted by molar-refractivity contribution is -0.144. The van der Waals surface area contributed by atoms with Crippen LogP contribution in [0, 0.1) is 0 Å². The van der Waals surface area contributed by atoms with Gasteiger partial charge in [-0.2, -0.15) is 0 Å². The molecule has 0 aromatic heterocycles. The van der Waals surface area contributed by atoms with Crippen LogP contribution in [0.3, 0.4) is 0 Å². The van der Waals surface area contributed by atoms with Gasteiger partial charge in [-0.25, -0.2) is 9.59 Å². The number of carbonyl (C=O) groups is 2. The van der Waals surface area contributed by atoms with E-state index in [0.29, 0.717) is 19.4 Å². The number of hydrogen-bond donors (Lipinski definition) is 3. The van der Waals surface area contributed by atoms with Crippen LogP contribution in [0.5, 0.6) is 0 Å². The molecule has 2 fully saturated rings. The van der Waals surface area contributed by atoms with Crippen molar-refractivity contribution in [2.75, 3.05) is 6.61 Å². The Morgan fingerprint density at radius 3 is 2.32 bits per heavy atom. The Morgan fingerprint density at radius 2 is 1.84 bits per heavy atom. The summed E-state index contributed by atoms with van der Waals surface area (Å²) in [6.45, 7) is 4.45. The highest BCUT2D eigenvalue weighted by molar-refractivity contribution is 5.86. The molecule has 3 N–H and O–H groups in total. The predicted octanol–water partition coefficient (Wildman–Crippen LogP) is 1.25. The van der Waals surface area contributed by atoms with Crippen molar-refractivity contribution in [2.45, 2.75) is 63.1 Å². The van der Waals surface area contributed by atoms with Crippen molar-refractivity contribution in [1.82, 2.24) is 10.6 Å². The first kappa shape index (κ1) is 14.1. The second-order valence-electron chi connectivity index (χ2n) is 5.85. The van der Waals surface area contributed by atoms with E-state index in [9.17, 15) is 14.7 Å². The van der Waals surface area contributed by atoms with Gasteiger partial charge in [-0.05, 0) is 33.1 Å². The lowest BCUT2D eigenvalue weighted by Gasteiger charge is -2.32. The maximum atomic E-state index is 12.1. The number of rotatable bonds is 3. The number of hydrogen-bond acceptors (Lipinski definition) is 3. The smallest absolute Gasteiger partial charge is 0.329 e. The van der Waals surface area contributed by atoms with Crippen LogP contribution in [0.25, 0.3) is 0 Å². The zero-order valence-electron chi connectivity index (χ0n) is 11.5. The highest BCUT2D eigenvalue weighted by Crippen LogP contribution is 2.30. The van der Waals surface area contributed by atoms with Crippen molar-refractivity contribution in [3.63, 3.8) is 0 Å². The van der Waals surface area contributed by atoms with Crippen LogP contribution in [-0.4, -0.2) is 40.9 Å². The summed E-state index contributed by atoms with van der Waals surface area (Å²) in [7, 11) is 0. The third-order valence-corrected chi connectivity index (χ3v) is 4.50. The van der Waals surface area contributed by atoms with E-state index < -0.39 is 23.1 Å². The summed E-state index contributed by atoms with van der Waals surface area (Å²) in [6, 6.07) is -0.413. The van der Waals surface area contributed by atoms with E-state index in [4.69, 9.17) is 4.74 Å². The fourth-order valence-corrected chi connectivity index (χ4v) is 2.88. The van der Waals surface area contributed by atoms with Crippen LogP contribution in [0.1, 0.15) is 46.0 Å². The molecule has 1 aliphatic carbocycles. The molecule has 2 amide bonds. The molecule has 6 heteroatoms. The van der Waals surface area contributed by atoms with Gasteiger partial charge in [0.05, 0.1) is 11.6 Å². The van der Waals surface area contributed by atoms with E-state index in [1.807, 2.05) is 13.8 Å². The van der Waals surface area contributed by atoms with Crippen LogP contribution in [0.15, 0.2) is 0 Å². The number of aliphatic carboxylic acids is 1. The molecule has 2 atom stereocenters. The normalized spacial score (nSPS) is 33.1. The molecule has 2 aliphatic rings. The highest BCUT2D eigenvalue weighted by atomic mass is 16.5. The monoisotopic (exact) mass is 270 g/mol. The molecular weight excluding hydrogens is 248 g/mol. The molecular formula is C13H22N2O4. The van der Waals surface area contributed by atoms with Crippen LogP contribution >= 0.6 is 0 Å². The Kier molecular flexibility index (Phi) is 3.71. The Hall–Kier alpha value is -1.30. The van der Waals surface area contributed by atoms with E-state index in [-0.39, 0.29) is 6.10 Å². The molecule has 1 saturated heterocycles. The maximum Gasteiger partial charge on any atom is 0.329 e. The zero-order valence-corrected chi connectivity index (χ0v) is 11.5. The summed E-state index contributed by atoms with van der Waals surface area (Å²) in [5.74, 6) is -0.943. The first-order valence-corrected chi connectivity index (χ1v) is 6.83. The summed E-state index contributed by atoms with van der Waals surface area (Å²) in [5.41, 5.74) is -1.52. The van der Waals surface area contributed by atoms with Crippen molar-refractivity contribution < 1.29 is 19.4 Å². The molecule has 0 spiro atoms. The molecule has 1 aliphatic heterocycles. The molecule has 6 nitrogen and oxygen atoms in total. The quantitative estimate of drug-likeness (QED) is 0.720. The average molecular weight is 270 g/mol. The Morgan fingerprint density at radius 1 is 1.21 bits per heavy atom. The van der Waals surface area contributed by atoms with E-state index in [1.165, 1.54) is 0 Å². The lowest BCUT2D eigenvalue weighted by Crippen LogP contribution is -2.60. The van der Waals surface area contributed by atoms with Crippen LogP contribution in [0.4, 0.5) is 4.79 Å². The number of carboxylic acids is 1. The first-order valence-electron chi connectivity index (χ1n) is 6.83. The highest BCUT2D eigenvalue weighted by Gasteiger charge is 2.44. The van der Waals surface area contributed by atoms with Gasteiger partial charge in [0.15, 0.2) is 0 Å². The minimum absolute atomic E-state index is 0.0670. The summed E-state index contributed by atoms with van der Waals surface area (Å²) in [5, 5.41) is 14.9. The molecule has 2 unspecified atom stereocenters. The minimum Gasteiger partial charge on any atom is -0.480 e. The molecule has 2 rings (SSSR count). The van der Waals surface area contributed by atoms with Gasteiger partial charge < -0.3 is 20.5 Å². The molecule has 0 aromatic carbocycles. The number of carbonyl (C=O) groups excluding carboxylic acids is 1. The minimum atomic E-state index is -1.09. The summed E-state index contributed by atoms with van der Waals surface area (Å²) in [6.07, 6.45) is 3.34. The molecule has 108 valence electrons. The fourth-order valence-electron chi connectivity index (χ4n) is 2.88. The van der Waals surface area contributed by atoms with Gasteiger partial charge in [0.25, 0.3) is 0 Å².